The molecular weight excluding hydrogens is 462 g/mol. The van der Waals surface area contributed by atoms with E-state index in [0.717, 1.165) is 0 Å². The molecule has 12 nitrogen and oxygen atoms in total. The smallest absolute Gasteiger partial charge is 0.280 e. The molecule has 2 amide bonds. The van der Waals surface area contributed by atoms with Crippen molar-refractivity contribution in [3.05, 3.63) is 57.7 Å². The van der Waals surface area contributed by atoms with Crippen LogP contribution in [0.3, 0.4) is 0 Å². The van der Waals surface area contributed by atoms with Crippen LogP contribution >= 0.6 is 0 Å². The average molecular weight is 489 g/mol. The lowest BCUT2D eigenvalue weighted by Crippen LogP contribution is -2.82. The van der Waals surface area contributed by atoms with Crippen LogP contribution in [-0.2, 0) is 23.8 Å². The minimum Gasteiger partial charge on any atom is -0.384 e. The van der Waals surface area contributed by atoms with Crippen molar-refractivity contribution in [1.29, 1.82) is 0 Å². The number of aliphatic hydroxyl groups is 2. The zero-order chi connectivity index (χ0) is 25.6. The van der Waals surface area contributed by atoms with Gasteiger partial charge < -0.3 is 35.1 Å². The molecular formula is C23H27N3O9. The number of nitrogens with zero attached hydrogens (tertiary/aromatic N) is 1. The van der Waals surface area contributed by atoms with Gasteiger partial charge in [0.25, 0.3) is 23.2 Å². The Morgan fingerprint density at radius 2 is 1.80 bits per heavy atom. The first-order valence-electron chi connectivity index (χ1n) is 11.0. The Morgan fingerprint density at radius 3 is 2.40 bits per heavy atom. The van der Waals surface area contributed by atoms with E-state index in [9.17, 15) is 29.9 Å². The van der Waals surface area contributed by atoms with Crippen molar-refractivity contribution < 1.29 is 38.9 Å². The van der Waals surface area contributed by atoms with Gasteiger partial charge in [-0.1, -0.05) is 18.2 Å². The van der Waals surface area contributed by atoms with Crippen molar-refractivity contribution in [3.8, 4) is 0 Å². The van der Waals surface area contributed by atoms with Gasteiger partial charge in [0.1, 0.15) is 11.7 Å². The maximum atomic E-state index is 13.2. The summed E-state index contributed by atoms with van der Waals surface area (Å²) in [6.45, 7) is 4.68. The van der Waals surface area contributed by atoms with Gasteiger partial charge in [0.05, 0.1) is 18.1 Å². The molecule has 4 fully saturated rings. The molecule has 0 spiro atoms. The molecule has 0 unspecified atom stereocenters. The van der Waals surface area contributed by atoms with E-state index in [4.69, 9.17) is 14.2 Å². The number of amides is 2. The maximum absolute atomic E-state index is 13.2. The number of carbonyl (C=O) groups is 2. The minimum atomic E-state index is -2.36. The van der Waals surface area contributed by atoms with Crippen LogP contribution in [0.5, 0.6) is 0 Å². The molecule has 4 aliphatic heterocycles. The van der Waals surface area contributed by atoms with Gasteiger partial charge in [-0.05, 0) is 50.5 Å². The summed E-state index contributed by atoms with van der Waals surface area (Å²) in [6.07, 6.45) is 3.02. The molecule has 5 rings (SSSR count). The number of ether oxygens (including phenoxy) is 3. The first kappa shape index (κ1) is 24.9. The average Bonchev–Trinajstić information content (AvgIpc) is 3.08. The summed E-state index contributed by atoms with van der Waals surface area (Å²) < 4.78 is 17.1. The van der Waals surface area contributed by atoms with Crippen molar-refractivity contribution in [2.45, 2.75) is 56.1 Å². The lowest BCUT2D eigenvalue weighted by Gasteiger charge is -2.50. The monoisotopic (exact) mass is 489 g/mol. The molecule has 0 radical (unpaired) electrons. The van der Waals surface area contributed by atoms with Crippen LogP contribution in [0.25, 0.3) is 6.08 Å². The number of nitro benzene ring substituents is 1. The molecule has 1 aromatic rings. The molecule has 4 saturated heterocycles. The van der Waals surface area contributed by atoms with Crippen LogP contribution < -0.4 is 10.6 Å². The largest absolute Gasteiger partial charge is 0.384 e. The van der Waals surface area contributed by atoms with Crippen molar-refractivity contribution >= 4 is 23.6 Å². The zero-order valence-electron chi connectivity index (χ0n) is 19.4. The van der Waals surface area contributed by atoms with Gasteiger partial charge in [-0.25, -0.2) is 0 Å². The van der Waals surface area contributed by atoms with Gasteiger partial charge in [-0.3, -0.25) is 19.7 Å². The number of benzene rings is 1. The number of rotatable bonds is 5. The van der Waals surface area contributed by atoms with E-state index < -0.39 is 45.7 Å². The van der Waals surface area contributed by atoms with Crippen LogP contribution in [0.4, 0.5) is 5.69 Å². The van der Waals surface area contributed by atoms with E-state index in [1.54, 1.807) is 38.1 Å². The number of fused-ring (bicyclic) bond motifs is 5. The predicted octanol–water partition coefficient (Wildman–Crippen LogP) is 0.488. The molecule has 35 heavy (non-hydrogen) atoms. The second-order valence-electron chi connectivity index (χ2n) is 9.36. The Labute approximate surface area is 200 Å². The molecule has 188 valence electrons. The Balaban J connectivity index is 1.57. The molecule has 1 aromatic carbocycles. The highest BCUT2D eigenvalue weighted by Crippen LogP contribution is 2.40. The Kier molecular flexibility index (Phi) is 6.06. The summed E-state index contributed by atoms with van der Waals surface area (Å²) in [5, 5.41) is 37.7. The predicted molar refractivity (Wildman–Crippen MR) is 120 cm³/mol. The highest BCUT2D eigenvalue weighted by Gasteiger charge is 2.65. The Hall–Kier alpha value is -3.16. The second kappa shape index (κ2) is 8.50. The number of non-ortho nitro benzene ring substituents is 1. The second-order valence-corrected chi connectivity index (χ2v) is 9.36. The highest BCUT2D eigenvalue weighted by molar-refractivity contribution is 6.03. The molecule has 4 aliphatic rings. The molecule has 0 aromatic heterocycles. The van der Waals surface area contributed by atoms with E-state index in [0.29, 0.717) is 5.56 Å². The number of allylic oxidation sites excluding steroid dienone is 2. The molecule has 12 heteroatoms. The van der Waals surface area contributed by atoms with Crippen LogP contribution in [-0.4, -0.2) is 69.1 Å². The van der Waals surface area contributed by atoms with Gasteiger partial charge in [0.2, 0.25) is 5.72 Å². The summed E-state index contributed by atoms with van der Waals surface area (Å²) in [7, 11) is 0. The topological polar surface area (TPSA) is 169 Å². The Morgan fingerprint density at radius 1 is 1.11 bits per heavy atom. The summed E-state index contributed by atoms with van der Waals surface area (Å²) in [5.41, 5.74) is -5.19. The van der Waals surface area contributed by atoms with Crippen LogP contribution in [0, 0.1) is 10.1 Å². The van der Waals surface area contributed by atoms with Gasteiger partial charge in [-0.15, -0.1) is 0 Å². The summed E-state index contributed by atoms with van der Waals surface area (Å²) in [6, 6.07) is 5.80. The van der Waals surface area contributed by atoms with E-state index in [1.807, 2.05) is 0 Å². The van der Waals surface area contributed by atoms with Gasteiger partial charge >= 0.3 is 0 Å². The van der Waals surface area contributed by atoms with Crippen molar-refractivity contribution in [2.75, 3.05) is 13.2 Å². The molecule has 0 saturated carbocycles. The van der Waals surface area contributed by atoms with E-state index >= 15 is 0 Å². The molecule has 2 bridgehead atoms. The fourth-order valence-electron chi connectivity index (χ4n) is 4.42. The fourth-order valence-corrected chi connectivity index (χ4v) is 4.42. The zero-order valence-corrected chi connectivity index (χ0v) is 19.4. The number of piperazine rings is 1. The first-order valence-corrected chi connectivity index (χ1v) is 11.0. The van der Waals surface area contributed by atoms with Gasteiger partial charge in [-0.2, -0.15) is 0 Å². The number of nitrogens with one attached hydrogen (secondary N) is 2. The van der Waals surface area contributed by atoms with Crippen LogP contribution in [0.1, 0.15) is 32.8 Å². The number of hydrogen-bond acceptors (Lipinski definition) is 9. The minimum absolute atomic E-state index is 0.0498. The van der Waals surface area contributed by atoms with Crippen molar-refractivity contribution in [2.24, 2.45) is 0 Å². The summed E-state index contributed by atoms with van der Waals surface area (Å²) in [5.74, 6) is -2.94. The van der Waals surface area contributed by atoms with Crippen LogP contribution in [0.15, 0.2) is 42.0 Å². The lowest BCUT2D eigenvalue weighted by atomic mass is 9.84. The normalized spacial score (nSPS) is 34.4. The Bertz CT molecular complexity index is 1120. The van der Waals surface area contributed by atoms with Gasteiger partial charge in [0, 0.05) is 12.1 Å². The third kappa shape index (κ3) is 4.34. The quantitative estimate of drug-likeness (QED) is 0.339. The lowest BCUT2D eigenvalue weighted by molar-refractivity contribution is -0.384. The van der Waals surface area contributed by atoms with E-state index in [1.165, 1.54) is 25.1 Å². The number of carbonyl (C=O) groups excluding carboxylic acids is 2. The van der Waals surface area contributed by atoms with Crippen molar-refractivity contribution in [3.63, 3.8) is 0 Å². The number of aliphatic hydroxyl groups excluding tert-OH is 1. The number of nitro groups is 1. The van der Waals surface area contributed by atoms with Crippen LogP contribution in [0.2, 0.25) is 0 Å². The van der Waals surface area contributed by atoms with E-state index in [-0.39, 0.29) is 30.9 Å². The fraction of sp³-hybridized carbons (Fsp3) is 0.478. The summed E-state index contributed by atoms with van der Waals surface area (Å²) >= 11 is 0. The third-order valence-electron chi connectivity index (χ3n) is 6.26. The van der Waals surface area contributed by atoms with E-state index in [2.05, 4.69) is 10.6 Å². The first-order chi connectivity index (χ1) is 16.3. The van der Waals surface area contributed by atoms with Gasteiger partial charge in [0.15, 0.2) is 5.79 Å². The van der Waals surface area contributed by atoms with Crippen molar-refractivity contribution in [1.82, 2.24) is 10.6 Å². The molecule has 4 atom stereocenters. The number of hydrogen-bond donors (Lipinski definition) is 4. The molecule has 4 N–H and O–H groups in total. The highest BCUT2D eigenvalue weighted by atomic mass is 16.8. The summed E-state index contributed by atoms with van der Waals surface area (Å²) in [4.78, 5) is 36.5. The SMILES string of the molecule is CC1(C)OC[C@@](C)([C@@H](O)[C@@]23NC(=O)[C@@](O)(NC2=O)/C(=C/C=C/c2ccc([N+](=O)[O-])cc2)CCO3)O1. The maximum Gasteiger partial charge on any atom is 0.280 e. The standard InChI is InChI=1S/C23H27N3O9/c1-20(2)34-13-21(3,35-20)17(27)23-19(29)24-22(30,18(28)25-23)15(11-12-33-23)6-4-5-14-7-9-16(10-8-14)26(31)32/h4-10,17,27,30H,11-13H2,1-3H3,(H,24,29)(H,25,28)/b5-4+,15-6+/t17-,21+,22-,23+/m1/s1. The molecule has 4 heterocycles. The third-order valence-corrected chi connectivity index (χ3v) is 6.26. The molecule has 0 aliphatic carbocycles.